The van der Waals surface area contributed by atoms with E-state index in [4.69, 9.17) is 22.1 Å². The van der Waals surface area contributed by atoms with Crippen LogP contribution >= 0.6 is 11.6 Å². The molecular weight excluding hydrogens is 401 g/mol. The van der Waals surface area contributed by atoms with Crippen LogP contribution in [-0.2, 0) is 13.2 Å². The second kappa shape index (κ2) is 9.85. The Morgan fingerprint density at radius 1 is 1.17 bits per heavy atom. The van der Waals surface area contributed by atoms with E-state index in [0.29, 0.717) is 37.0 Å². The van der Waals surface area contributed by atoms with E-state index in [1.165, 1.54) is 12.1 Å². The Morgan fingerprint density at radius 2 is 1.97 bits per heavy atom. The minimum absolute atomic E-state index is 0.0451. The van der Waals surface area contributed by atoms with Crippen LogP contribution in [-0.4, -0.2) is 29.3 Å². The van der Waals surface area contributed by atoms with Gasteiger partial charge >= 0.3 is 0 Å². The molecule has 4 N–H and O–H groups in total. The standard InChI is InChI=1S/C19H19ClFN5O3/c20-14-3-6-16(28-11-12-1-4-15(21)5-2-12)13(9-14)10-23-7-8-24-19(27)17-18(22)26-29-25-17/h1-6,9,23H,7-8,10-11H2,(H2,22,26)(H,24,27). The van der Waals surface area contributed by atoms with Crippen LogP contribution in [0.1, 0.15) is 21.6 Å². The number of hydrogen-bond acceptors (Lipinski definition) is 7. The van der Waals surface area contributed by atoms with Gasteiger partial charge in [-0.2, -0.15) is 0 Å². The van der Waals surface area contributed by atoms with Crippen LogP contribution in [0.25, 0.3) is 0 Å². The van der Waals surface area contributed by atoms with Gasteiger partial charge in [-0.25, -0.2) is 9.02 Å². The lowest BCUT2D eigenvalue weighted by Crippen LogP contribution is -2.32. The van der Waals surface area contributed by atoms with Gasteiger partial charge in [-0.1, -0.05) is 23.7 Å². The SMILES string of the molecule is Nc1nonc1C(=O)NCCNCc1cc(Cl)ccc1OCc1ccc(F)cc1. The molecule has 0 radical (unpaired) electrons. The normalized spacial score (nSPS) is 10.7. The van der Waals surface area contributed by atoms with Crippen molar-refractivity contribution in [3.8, 4) is 5.75 Å². The number of hydrogen-bond donors (Lipinski definition) is 3. The smallest absolute Gasteiger partial charge is 0.277 e. The number of nitrogens with one attached hydrogen (secondary N) is 2. The maximum absolute atomic E-state index is 13.0. The first kappa shape index (κ1) is 20.6. The van der Waals surface area contributed by atoms with Gasteiger partial charge in [0.15, 0.2) is 0 Å². The predicted molar refractivity (Wildman–Crippen MR) is 105 cm³/mol. The summed E-state index contributed by atoms with van der Waals surface area (Å²) in [5.74, 6) is -0.148. The summed E-state index contributed by atoms with van der Waals surface area (Å²) in [6, 6.07) is 11.4. The van der Waals surface area contributed by atoms with Crippen molar-refractivity contribution in [3.05, 3.63) is 70.1 Å². The maximum atomic E-state index is 13.0. The van der Waals surface area contributed by atoms with E-state index in [9.17, 15) is 9.18 Å². The zero-order valence-electron chi connectivity index (χ0n) is 15.3. The summed E-state index contributed by atoms with van der Waals surface area (Å²) in [6.45, 7) is 1.61. The summed E-state index contributed by atoms with van der Waals surface area (Å²) >= 11 is 6.09. The average Bonchev–Trinajstić information content (AvgIpc) is 3.14. The van der Waals surface area contributed by atoms with Gasteiger partial charge < -0.3 is 21.1 Å². The van der Waals surface area contributed by atoms with Crippen LogP contribution in [0.15, 0.2) is 47.1 Å². The van der Waals surface area contributed by atoms with Gasteiger partial charge in [0.2, 0.25) is 11.5 Å². The zero-order valence-corrected chi connectivity index (χ0v) is 16.1. The molecule has 1 amide bonds. The molecule has 0 bridgehead atoms. The van der Waals surface area contributed by atoms with Crippen molar-refractivity contribution in [2.45, 2.75) is 13.2 Å². The highest BCUT2D eigenvalue weighted by Gasteiger charge is 2.15. The number of halogens is 2. The van der Waals surface area contributed by atoms with Crippen molar-refractivity contribution >= 4 is 23.3 Å². The Morgan fingerprint density at radius 3 is 2.69 bits per heavy atom. The summed E-state index contributed by atoms with van der Waals surface area (Å²) in [6.07, 6.45) is 0. The van der Waals surface area contributed by atoms with Crippen molar-refractivity contribution in [3.63, 3.8) is 0 Å². The van der Waals surface area contributed by atoms with Crippen LogP contribution in [0.4, 0.5) is 10.2 Å². The molecule has 10 heteroatoms. The molecule has 3 aromatic rings. The predicted octanol–water partition coefficient (Wildman–Crippen LogP) is 2.54. The largest absolute Gasteiger partial charge is 0.489 e. The van der Waals surface area contributed by atoms with Gasteiger partial charge in [-0.05, 0) is 46.2 Å². The summed E-state index contributed by atoms with van der Waals surface area (Å²) in [4.78, 5) is 11.9. The molecule has 0 aliphatic rings. The van der Waals surface area contributed by atoms with Gasteiger partial charge in [-0.15, -0.1) is 0 Å². The Kier molecular flexibility index (Phi) is 6.99. The maximum Gasteiger partial charge on any atom is 0.277 e. The number of nitrogens with two attached hydrogens (primary N) is 1. The second-order valence-electron chi connectivity index (χ2n) is 6.10. The summed E-state index contributed by atoms with van der Waals surface area (Å²) in [7, 11) is 0. The highest BCUT2D eigenvalue weighted by atomic mass is 35.5. The number of rotatable bonds is 9. The third-order valence-corrected chi connectivity index (χ3v) is 4.20. The van der Waals surface area contributed by atoms with Gasteiger partial charge in [0.05, 0.1) is 0 Å². The van der Waals surface area contributed by atoms with E-state index < -0.39 is 5.91 Å². The first-order valence-electron chi connectivity index (χ1n) is 8.75. The van der Waals surface area contributed by atoms with E-state index >= 15 is 0 Å². The molecule has 0 spiro atoms. The molecule has 3 rings (SSSR count). The van der Waals surface area contributed by atoms with Crippen LogP contribution in [0, 0.1) is 5.82 Å². The van der Waals surface area contributed by atoms with Crippen molar-refractivity contribution in [2.75, 3.05) is 18.8 Å². The highest BCUT2D eigenvalue weighted by Crippen LogP contribution is 2.24. The van der Waals surface area contributed by atoms with Gasteiger partial charge in [-0.3, -0.25) is 4.79 Å². The fraction of sp³-hybridized carbons (Fsp3) is 0.211. The minimum atomic E-state index is -0.461. The summed E-state index contributed by atoms with van der Waals surface area (Å²) in [5.41, 5.74) is 7.13. The highest BCUT2D eigenvalue weighted by molar-refractivity contribution is 6.30. The van der Waals surface area contributed by atoms with Crippen molar-refractivity contribution in [1.29, 1.82) is 0 Å². The second-order valence-corrected chi connectivity index (χ2v) is 6.53. The molecule has 1 aromatic heterocycles. The fourth-order valence-electron chi connectivity index (χ4n) is 2.49. The third-order valence-electron chi connectivity index (χ3n) is 3.96. The van der Waals surface area contributed by atoms with Gasteiger partial charge in [0, 0.05) is 30.2 Å². The molecule has 29 heavy (non-hydrogen) atoms. The topological polar surface area (TPSA) is 115 Å². The molecule has 0 saturated heterocycles. The Labute approximate surface area is 171 Å². The Balaban J connectivity index is 1.48. The van der Waals surface area contributed by atoms with Crippen LogP contribution in [0.2, 0.25) is 5.02 Å². The zero-order chi connectivity index (χ0) is 20.6. The number of nitrogen functional groups attached to an aromatic ring is 1. The summed E-state index contributed by atoms with van der Waals surface area (Å²) < 4.78 is 23.2. The molecule has 0 aliphatic heterocycles. The number of aromatic nitrogens is 2. The van der Waals surface area contributed by atoms with Crippen LogP contribution in [0.5, 0.6) is 5.75 Å². The number of nitrogens with zero attached hydrogens (tertiary/aromatic N) is 2. The number of amides is 1. The molecule has 152 valence electrons. The van der Waals surface area contributed by atoms with E-state index in [0.717, 1.165) is 11.1 Å². The van der Waals surface area contributed by atoms with Gasteiger partial charge in [0.25, 0.3) is 5.91 Å². The lowest BCUT2D eigenvalue weighted by molar-refractivity contribution is 0.0944. The number of ether oxygens (including phenoxy) is 1. The average molecular weight is 420 g/mol. The molecule has 0 unspecified atom stereocenters. The van der Waals surface area contributed by atoms with Crippen molar-refractivity contribution < 1.29 is 18.6 Å². The number of carbonyl (C=O) groups is 1. The molecule has 0 aliphatic carbocycles. The minimum Gasteiger partial charge on any atom is -0.489 e. The number of benzene rings is 2. The number of carbonyl (C=O) groups excluding carboxylic acids is 1. The van der Waals surface area contributed by atoms with Crippen LogP contribution in [0.3, 0.4) is 0 Å². The van der Waals surface area contributed by atoms with E-state index in [2.05, 4.69) is 25.6 Å². The monoisotopic (exact) mass is 419 g/mol. The van der Waals surface area contributed by atoms with E-state index in [-0.39, 0.29) is 17.3 Å². The molecule has 8 nitrogen and oxygen atoms in total. The quantitative estimate of drug-likeness (QED) is 0.456. The lowest BCUT2D eigenvalue weighted by Gasteiger charge is -2.13. The number of anilines is 1. The van der Waals surface area contributed by atoms with E-state index in [1.807, 2.05) is 0 Å². The molecule has 0 saturated carbocycles. The fourth-order valence-corrected chi connectivity index (χ4v) is 2.69. The Hall–Kier alpha value is -3.17. The third kappa shape index (κ3) is 5.90. The molecule has 2 aromatic carbocycles. The molecule has 0 fully saturated rings. The van der Waals surface area contributed by atoms with Crippen LogP contribution < -0.4 is 21.1 Å². The van der Waals surface area contributed by atoms with Crippen molar-refractivity contribution in [1.82, 2.24) is 20.9 Å². The van der Waals surface area contributed by atoms with Crippen molar-refractivity contribution in [2.24, 2.45) is 0 Å². The first-order valence-corrected chi connectivity index (χ1v) is 9.13. The molecule has 1 heterocycles. The lowest BCUT2D eigenvalue weighted by atomic mass is 10.2. The molecule has 0 atom stereocenters. The van der Waals surface area contributed by atoms with Gasteiger partial charge in [0.1, 0.15) is 18.2 Å². The first-order chi connectivity index (χ1) is 14.0. The Bertz CT molecular complexity index is 965. The van der Waals surface area contributed by atoms with E-state index in [1.54, 1.807) is 30.3 Å². The molecular formula is C19H19ClFN5O3. The summed E-state index contributed by atoms with van der Waals surface area (Å²) in [5, 5.41) is 13.2.